The molecule has 3 N–H and O–H groups in total. The zero-order chi connectivity index (χ0) is 19.4. The maximum atomic E-state index is 12.3. The highest BCUT2D eigenvalue weighted by atomic mass is 32.3. The van der Waals surface area contributed by atoms with Crippen molar-refractivity contribution in [1.29, 1.82) is 0 Å². The highest BCUT2D eigenvalue weighted by Gasteiger charge is 2.53. The number of rotatable bonds is 5. The maximum absolute atomic E-state index is 12.3. The van der Waals surface area contributed by atoms with Crippen molar-refractivity contribution in [2.24, 2.45) is 0 Å². The zero-order valence-corrected chi connectivity index (χ0v) is 14.0. The van der Waals surface area contributed by atoms with E-state index in [9.17, 15) is 31.5 Å². The first kappa shape index (κ1) is 18.3. The average molecular weight is 410 g/mol. The molecule has 0 saturated carbocycles. The first-order chi connectivity index (χ1) is 11.9. The normalized spacial score (nSPS) is 22.3. The van der Waals surface area contributed by atoms with E-state index < -0.39 is 57.2 Å². The van der Waals surface area contributed by atoms with E-state index in [1.807, 2.05) is 0 Å². The van der Waals surface area contributed by atoms with Crippen LogP contribution in [0.15, 0.2) is 18.2 Å². The van der Waals surface area contributed by atoms with Gasteiger partial charge >= 0.3 is 32.8 Å². The van der Waals surface area contributed by atoms with Gasteiger partial charge in [-0.1, -0.05) is 12.1 Å². The molecule has 26 heavy (non-hydrogen) atoms. The third-order valence-electron chi connectivity index (χ3n) is 3.73. The minimum absolute atomic E-state index is 0.0790. The molecule has 2 heterocycles. The van der Waals surface area contributed by atoms with Gasteiger partial charge < -0.3 is 14.2 Å². The second-order valence-corrected chi connectivity index (χ2v) is 7.32. The van der Waals surface area contributed by atoms with Gasteiger partial charge in [0.1, 0.15) is 6.04 Å². The summed E-state index contributed by atoms with van der Waals surface area (Å²) >= 11 is 0. The first-order valence-corrected chi connectivity index (χ1v) is 9.41. The van der Waals surface area contributed by atoms with Crippen molar-refractivity contribution in [2.45, 2.75) is 12.1 Å². The van der Waals surface area contributed by atoms with Crippen molar-refractivity contribution < 1.29 is 49.1 Å². The molecule has 1 aromatic rings. The third-order valence-corrected chi connectivity index (χ3v) is 4.47. The van der Waals surface area contributed by atoms with E-state index in [2.05, 4.69) is 8.47 Å². The van der Waals surface area contributed by atoms with Gasteiger partial charge in [0.05, 0.1) is 6.54 Å². The van der Waals surface area contributed by atoms with E-state index in [0.29, 0.717) is 0 Å². The molecule has 2 atom stereocenters. The summed E-state index contributed by atoms with van der Waals surface area (Å²) in [6, 6.07) is -0.570. The first-order valence-electron chi connectivity index (χ1n) is 6.68. The molecule has 1 saturated heterocycles. The minimum Gasteiger partial charge on any atom is -0.479 e. The lowest BCUT2D eigenvalue weighted by Gasteiger charge is -2.30. The summed E-state index contributed by atoms with van der Waals surface area (Å²) in [4.78, 5) is 24.7. The van der Waals surface area contributed by atoms with Crippen LogP contribution in [-0.4, -0.2) is 59.6 Å². The van der Waals surface area contributed by atoms with E-state index in [1.165, 1.54) is 12.1 Å². The van der Waals surface area contributed by atoms with Crippen LogP contribution < -0.4 is 4.18 Å². The number of carbonyl (C=O) groups is 2. The van der Waals surface area contributed by atoms with Crippen LogP contribution >= 0.6 is 0 Å². The zero-order valence-electron chi connectivity index (χ0n) is 12.4. The molecule has 13 nitrogen and oxygen atoms in total. The molecule has 0 radical (unpaired) electrons. The summed E-state index contributed by atoms with van der Waals surface area (Å²) in [5.74, 6) is -2.02. The average Bonchev–Trinajstić information content (AvgIpc) is 2.70. The quantitative estimate of drug-likeness (QED) is 0.532. The number of carbonyl (C=O) groups excluding carboxylic acids is 1. The molecule has 15 heteroatoms. The maximum Gasteiger partial charge on any atom is 0.446 e. The smallest absolute Gasteiger partial charge is 0.446 e. The van der Waals surface area contributed by atoms with Gasteiger partial charge in [0, 0.05) is 5.56 Å². The Morgan fingerprint density at radius 1 is 1.15 bits per heavy atom. The van der Waals surface area contributed by atoms with Crippen molar-refractivity contribution in [1.82, 2.24) is 9.96 Å². The number of urea groups is 1. The number of hydrogen-bond donors (Lipinski definition) is 3. The SMILES string of the molecule is O=C(O)C1c2cccc(OS(=O)(=O)O)c2C2CN1C(=O)N2OS(=O)(=O)O. The van der Waals surface area contributed by atoms with Gasteiger partial charge in [0.25, 0.3) is 0 Å². The summed E-state index contributed by atoms with van der Waals surface area (Å²) < 4.78 is 70.4. The number of carboxylic acid groups (broad SMARTS) is 1. The Bertz CT molecular complexity index is 1000. The lowest BCUT2D eigenvalue weighted by molar-refractivity contribution is -0.142. The predicted octanol–water partition coefficient (Wildman–Crippen LogP) is -0.479. The van der Waals surface area contributed by atoms with Crippen LogP contribution in [0.1, 0.15) is 23.2 Å². The van der Waals surface area contributed by atoms with Crippen LogP contribution in [0.5, 0.6) is 5.75 Å². The number of amides is 2. The largest absolute Gasteiger partial charge is 0.479 e. The van der Waals surface area contributed by atoms with Crippen LogP contribution in [-0.2, 0) is 29.9 Å². The van der Waals surface area contributed by atoms with Crippen LogP contribution in [0.3, 0.4) is 0 Å². The van der Waals surface area contributed by atoms with Crippen LogP contribution in [0.2, 0.25) is 0 Å². The van der Waals surface area contributed by atoms with Gasteiger partial charge in [-0.3, -0.25) is 9.11 Å². The standard InChI is InChI=1S/C11H10N2O11S2/c14-10(15)9-5-2-1-3-7(23-25(17,18)19)8(5)6-4-12(9)11(16)13(6)24-26(20,21)22/h1-3,6,9H,4H2,(H,14,15)(H,17,18,19)(H,20,21,22). The fourth-order valence-corrected chi connectivity index (χ4v) is 3.73. The molecule has 2 unspecified atom stereocenters. The van der Waals surface area contributed by atoms with E-state index >= 15 is 0 Å². The molecule has 1 aromatic carbocycles. The summed E-state index contributed by atoms with van der Waals surface area (Å²) in [6.07, 6.45) is 0. The number of nitrogens with zero attached hydrogens (tertiary/aromatic N) is 2. The number of aliphatic carboxylic acids is 1. The molecule has 3 rings (SSSR count). The molecule has 2 aliphatic heterocycles. The highest BCUT2D eigenvalue weighted by Crippen LogP contribution is 2.47. The monoisotopic (exact) mass is 410 g/mol. The van der Waals surface area contributed by atoms with Gasteiger partial charge in [0.15, 0.2) is 11.8 Å². The number of hydrogen-bond acceptors (Lipinski definition) is 8. The van der Waals surface area contributed by atoms with Gasteiger partial charge in [-0.25, -0.2) is 9.59 Å². The number of hydroxylamine groups is 2. The van der Waals surface area contributed by atoms with Gasteiger partial charge in [-0.2, -0.15) is 21.9 Å². The fraction of sp³-hybridized carbons (Fsp3) is 0.273. The summed E-state index contributed by atoms with van der Waals surface area (Å²) in [7, 11) is -10.2. The molecule has 2 aliphatic rings. The van der Waals surface area contributed by atoms with Crippen molar-refractivity contribution in [3.8, 4) is 5.75 Å². The van der Waals surface area contributed by atoms with E-state index in [4.69, 9.17) is 9.11 Å². The van der Waals surface area contributed by atoms with Crippen molar-refractivity contribution in [2.75, 3.05) is 6.54 Å². The van der Waals surface area contributed by atoms with Crippen molar-refractivity contribution in [3.05, 3.63) is 29.3 Å². The Hall–Kier alpha value is -2.46. The Labute approximate surface area is 146 Å². The number of carboxylic acids is 1. The molecule has 0 spiro atoms. The minimum atomic E-state index is -5.14. The van der Waals surface area contributed by atoms with E-state index in [-0.39, 0.29) is 16.2 Å². The number of benzene rings is 1. The lowest BCUT2D eigenvalue weighted by Crippen LogP contribution is -2.38. The number of fused-ring (bicyclic) bond motifs is 4. The van der Waals surface area contributed by atoms with Crippen LogP contribution in [0, 0.1) is 0 Å². The van der Waals surface area contributed by atoms with Crippen LogP contribution in [0.4, 0.5) is 4.79 Å². The summed E-state index contributed by atoms with van der Waals surface area (Å²) in [5.41, 5.74) is -0.284. The van der Waals surface area contributed by atoms with E-state index in [0.717, 1.165) is 11.0 Å². The molecule has 0 aliphatic carbocycles. The summed E-state index contributed by atoms with van der Waals surface area (Å²) in [5, 5.41) is 9.62. The molecule has 0 aromatic heterocycles. The Morgan fingerprint density at radius 2 is 1.81 bits per heavy atom. The molecular formula is C11H10N2O11S2. The Balaban J connectivity index is 2.21. The Kier molecular flexibility index (Phi) is 4.08. The van der Waals surface area contributed by atoms with Crippen LogP contribution in [0.25, 0.3) is 0 Å². The van der Waals surface area contributed by atoms with E-state index in [1.54, 1.807) is 0 Å². The van der Waals surface area contributed by atoms with Gasteiger partial charge in [-0.15, -0.1) is 4.28 Å². The highest BCUT2D eigenvalue weighted by molar-refractivity contribution is 7.81. The second-order valence-electron chi connectivity index (χ2n) is 5.29. The topological polar surface area (TPSA) is 188 Å². The summed E-state index contributed by atoms with van der Waals surface area (Å²) in [6.45, 7) is -0.399. The molecule has 2 amide bonds. The fourth-order valence-electron chi connectivity index (χ4n) is 2.98. The molecule has 1 fully saturated rings. The lowest BCUT2D eigenvalue weighted by atomic mass is 9.90. The second kappa shape index (κ2) is 5.78. The predicted molar refractivity (Wildman–Crippen MR) is 78.3 cm³/mol. The Morgan fingerprint density at radius 3 is 2.35 bits per heavy atom. The van der Waals surface area contributed by atoms with Crippen molar-refractivity contribution in [3.63, 3.8) is 0 Å². The van der Waals surface area contributed by atoms with Gasteiger partial charge in [0.2, 0.25) is 0 Å². The molecule has 142 valence electrons. The molecular weight excluding hydrogens is 400 g/mol. The van der Waals surface area contributed by atoms with Gasteiger partial charge in [-0.05, 0) is 11.6 Å². The third kappa shape index (κ3) is 3.17. The molecule has 2 bridgehead atoms. The van der Waals surface area contributed by atoms with Crippen molar-refractivity contribution >= 4 is 32.8 Å².